The average Bonchev–Trinajstić information content (AvgIpc) is 3.33. The minimum Gasteiger partial charge on any atom is -0.444 e. The molecule has 4 rings (SSSR count). The topological polar surface area (TPSA) is 110 Å². The van der Waals surface area contributed by atoms with Gasteiger partial charge in [-0.2, -0.15) is 0 Å². The van der Waals surface area contributed by atoms with Crippen LogP contribution in [-0.2, 0) is 24.4 Å². The molecule has 9 nitrogen and oxygen atoms in total. The lowest BCUT2D eigenvalue weighted by Crippen LogP contribution is -2.47. The number of aliphatic hydroxyl groups excluding tert-OH is 1. The standard InChI is InChI=1S/C25H36BN3O6/c1-22(2,3)33-21(32)29-14-17(30)13-18(29)19-27-20(31)25(8,28-19)15-9-11-16(12-10-15)26-34-23(4,5)24(6,7)35-26/h9-12,17-18,30H,13-14H2,1-8H3,(H,27,28,31)/t17-,18?,25+/m1/s1. The van der Waals surface area contributed by atoms with Crippen molar-refractivity contribution in [2.45, 2.75) is 96.3 Å². The molecule has 0 spiro atoms. The van der Waals surface area contributed by atoms with Crippen molar-refractivity contribution in [2.24, 2.45) is 4.99 Å². The van der Waals surface area contributed by atoms with Crippen LogP contribution in [0.25, 0.3) is 0 Å². The fourth-order valence-electron chi connectivity index (χ4n) is 4.45. The van der Waals surface area contributed by atoms with Crippen molar-refractivity contribution < 1.29 is 28.7 Å². The largest absolute Gasteiger partial charge is 0.494 e. The number of hydrogen-bond acceptors (Lipinski definition) is 7. The number of amides is 2. The van der Waals surface area contributed by atoms with E-state index in [9.17, 15) is 14.7 Å². The Kier molecular flexibility index (Phi) is 6.10. The van der Waals surface area contributed by atoms with E-state index in [0.717, 1.165) is 5.46 Å². The van der Waals surface area contributed by atoms with E-state index in [1.54, 1.807) is 27.7 Å². The molecular formula is C25H36BN3O6. The van der Waals surface area contributed by atoms with E-state index < -0.39 is 47.7 Å². The third-order valence-corrected chi connectivity index (χ3v) is 7.25. The number of carbonyl (C=O) groups is 2. The fraction of sp³-hybridized carbons (Fsp3) is 0.640. The van der Waals surface area contributed by atoms with Crippen molar-refractivity contribution in [2.75, 3.05) is 6.54 Å². The summed E-state index contributed by atoms with van der Waals surface area (Å²) >= 11 is 0. The second kappa shape index (κ2) is 8.32. The van der Waals surface area contributed by atoms with E-state index in [0.29, 0.717) is 11.4 Å². The van der Waals surface area contributed by atoms with Gasteiger partial charge in [0.2, 0.25) is 0 Å². The highest BCUT2D eigenvalue weighted by molar-refractivity contribution is 6.62. The molecule has 1 aromatic carbocycles. The molecule has 0 saturated carbocycles. The van der Waals surface area contributed by atoms with Crippen molar-refractivity contribution in [3.05, 3.63) is 29.8 Å². The Morgan fingerprint density at radius 1 is 1.14 bits per heavy atom. The van der Waals surface area contributed by atoms with Crippen molar-refractivity contribution in [1.29, 1.82) is 0 Å². The zero-order valence-corrected chi connectivity index (χ0v) is 21.8. The van der Waals surface area contributed by atoms with Crippen LogP contribution in [-0.4, -0.2) is 70.5 Å². The number of ether oxygens (including phenoxy) is 1. The van der Waals surface area contributed by atoms with E-state index in [1.165, 1.54) is 4.90 Å². The number of nitrogens with one attached hydrogen (secondary N) is 1. The molecule has 0 aromatic heterocycles. The first kappa shape index (κ1) is 25.7. The van der Waals surface area contributed by atoms with Crippen LogP contribution in [0.4, 0.5) is 4.79 Å². The minimum absolute atomic E-state index is 0.119. The fourth-order valence-corrected chi connectivity index (χ4v) is 4.45. The maximum atomic E-state index is 13.1. The highest BCUT2D eigenvalue weighted by atomic mass is 16.7. The summed E-state index contributed by atoms with van der Waals surface area (Å²) in [7, 11) is -0.499. The first-order chi connectivity index (χ1) is 16.0. The van der Waals surface area contributed by atoms with Gasteiger partial charge in [0.15, 0.2) is 5.54 Å². The molecule has 0 bridgehead atoms. The third-order valence-electron chi connectivity index (χ3n) is 7.25. The first-order valence-electron chi connectivity index (χ1n) is 12.1. The molecule has 0 aliphatic carbocycles. The Labute approximate surface area is 207 Å². The van der Waals surface area contributed by atoms with Crippen LogP contribution in [0, 0.1) is 0 Å². The van der Waals surface area contributed by atoms with Crippen LogP contribution < -0.4 is 10.8 Å². The van der Waals surface area contributed by atoms with Gasteiger partial charge in [-0.1, -0.05) is 24.3 Å². The number of rotatable bonds is 3. The van der Waals surface area contributed by atoms with Gasteiger partial charge in [-0.15, -0.1) is 0 Å². The van der Waals surface area contributed by atoms with Gasteiger partial charge >= 0.3 is 13.2 Å². The SMILES string of the molecule is CC(C)(C)OC(=O)N1C[C@H](O)CC1C1=N[C@@](C)(c2ccc(B3OC(C)(C)C(C)(C)O3)cc2)C(=O)N1. The molecule has 3 heterocycles. The Morgan fingerprint density at radius 2 is 1.71 bits per heavy atom. The molecule has 2 N–H and O–H groups in total. The van der Waals surface area contributed by atoms with Crippen molar-refractivity contribution >= 4 is 30.4 Å². The summed E-state index contributed by atoms with van der Waals surface area (Å²) in [5.41, 5.74) is -1.18. The molecule has 2 amide bonds. The zero-order chi connectivity index (χ0) is 26.0. The predicted molar refractivity (Wildman–Crippen MR) is 132 cm³/mol. The lowest BCUT2D eigenvalue weighted by atomic mass is 9.77. The lowest BCUT2D eigenvalue weighted by molar-refractivity contribution is -0.123. The van der Waals surface area contributed by atoms with Gasteiger partial charge < -0.3 is 24.5 Å². The Balaban J connectivity index is 1.56. The van der Waals surface area contributed by atoms with E-state index in [4.69, 9.17) is 19.0 Å². The maximum Gasteiger partial charge on any atom is 0.494 e. The number of β-amino-alcohol motifs (C(OH)–C–C–N with tert-alkyl or cyclic N) is 1. The van der Waals surface area contributed by atoms with Crippen molar-refractivity contribution in [1.82, 2.24) is 10.2 Å². The number of aliphatic hydroxyl groups is 1. The van der Waals surface area contributed by atoms with Crippen LogP contribution in [0.5, 0.6) is 0 Å². The van der Waals surface area contributed by atoms with Gasteiger partial charge in [-0.25, -0.2) is 9.79 Å². The Bertz CT molecular complexity index is 1030. The van der Waals surface area contributed by atoms with Crippen LogP contribution >= 0.6 is 0 Å². The first-order valence-corrected chi connectivity index (χ1v) is 12.1. The normalized spacial score (nSPS) is 29.9. The van der Waals surface area contributed by atoms with Gasteiger partial charge in [0, 0.05) is 6.42 Å². The molecule has 3 atom stereocenters. The van der Waals surface area contributed by atoms with Crippen molar-refractivity contribution in [3.8, 4) is 0 Å². The molecule has 0 radical (unpaired) electrons. The molecule has 3 aliphatic heterocycles. The maximum absolute atomic E-state index is 13.1. The molecule has 3 aliphatic rings. The quantitative estimate of drug-likeness (QED) is 0.635. The zero-order valence-electron chi connectivity index (χ0n) is 21.8. The number of hydrogen-bond donors (Lipinski definition) is 2. The molecule has 190 valence electrons. The van der Waals surface area contributed by atoms with Crippen LogP contribution in [0.1, 0.15) is 67.4 Å². The van der Waals surface area contributed by atoms with Gasteiger partial charge in [0.05, 0.1) is 29.9 Å². The van der Waals surface area contributed by atoms with Crippen LogP contribution in [0.2, 0.25) is 0 Å². The van der Waals surface area contributed by atoms with E-state index >= 15 is 0 Å². The molecule has 2 saturated heterocycles. The summed E-state index contributed by atoms with van der Waals surface area (Å²) < 4.78 is 17.7. The Hall–Kier alpha value is -2.43. The average molecular weight is 485 g/mol. The number of amidine groups is 1. The van der Waals surface area contributed by atoms with Crippen LogP contribution in [0.3, 0.4) is 0 Å². The van der Waals surface area contributed by atoms with Gasteiger partial charge in [-0.3, -0.25) is 9.69 Å². The highest BCUT2D eigenvalue weighted by Crippen LogP contribution is 2.37. The van der Waals surface area contributed by atoms with Crippen molar-refractivity contribution in [3.63, 3.8) is 0 Å². The Morgan fingerprint density at radius 3 is 2.26 bits per heavy atom. The number of benzene rings is 1. The third kappa shape index (κ3) is 4.71. The van der Waals surface area contributed by atoms with E-state index in [-0.39, 0.29) is 18.9 Å². The van der Waals surface area contributed by atoms with Crippen LogP contribution in [0.15, 0.2) is 29.3 Å². The monoisotopic (exact) mass is 485 g/mol. The minimum atomic E-state index is -1.17. The molecule has 1 aromatic rings. The van der Waals surface area contributed by atoms with Gasteiger partial charge in [0.1, 0.15) is 11.4 Å². The number of likely N-dealkylation sites (tertiary alicyclic amines) is 1. The van der Waals surface area contributed by atoms with E-state index in [1.807, 2.05) is 52.0 Å². The lowest BCUT2D eigenvalue weighted by Gasteiger charge is -2.32. The molecule has 1 unspecified atom stereocenters. The van der Waals surface area contributed by atoms with E-state index in [2.05, 4.69) is 5.32 Å². The highest BCUT2D eigenvalue weighted by Gasteiger charge is 2.52. The molecule has 10 heteroatoms. The summed E-state index contributed by atoms with van der Waals surface area (Å²) in [6, 6.07) is 6.89. The molecular weight excluding hydrogens is 449 g/mol. The summed E-state index contributed by atoms with van der Waals surface area (Å²) in [4.78, 5) is 32.0. The summed E-state index contributed by atoms with van der Waals surface area (Å²) in [5, 5.41) is 13.1. The number of aliphatic imine (C=N–C) groups is 1. The second-order valence-electron chi connectivity index (χ2n) is 11.8. The number of nitrogens with zero attached hydrogens (tertiary/aromatic N) is 2. The van der Waals surface area contributed by atoms with Gasteiger partial charge in [-0.05, 0) is 66.4 Å². The smallest absolute Gasteiger partial charge is 0.444 e. The predicted octanol–water partition coefficient (Wildman–Crippen LogP) is 2.10. The second-order valence-corrected chi connectivity index (χ2v) is 11.8. The summed E-state index contributed by atoms with van der Waals surface area (Å²) in [5.74, 6) is 0.0661. The van der Waals surface area contributed by atoms with Gasteiger partial charge in [0.25, 0.3) is 5.91 Å². The summed E-state index contributed by atoms with van der Waals surface area (Å²) in [6.07, 6.45) is -0.996. The molecule has 2 fully saturated rings. The molecule has 35 heavy (non-hydrogen) atoms. The summed E-state index contributed by atoms with van der Waals surface area (Å²) in [6.45, 7) is 15.2. The number of carbonyl (C=O) groups excluding carboxylic acids is 2.